The number of aryl methyl sites for hydroxylation is 1. The predicted octanol–water partition coefficient (Wildman–Crippen LogP) is 2.71. The summed E-state index contributed by atoms with van der Waals surface area (Å²) in [4.78, 5) is 13.2. The van der Waals surface area contributed by atoms with Gasteiger partial charge in [0.25, 0.3) is 0 Å². The van der Waals surface area contributed by atoms with Crippen molar-refractivity contribution in [3.8, 4) is 5.75 Å². The normalized spacial score (nSPS) is 17.2. The highest BCUT2D eigenvalue weighted by atomic mass is 32.2. The SMILES string of the molecule is CCCn1nnc2cc(S(=O)(=O)N3CCCCC3C(=O)NCc3ccccc3OC)ccc21. The molecule has 3 aromatic rings. The van der Waals surface area contributed by atoms with Crippen LogP contribution in [0.15, 0.2) is 47.4 Å². The number of nitrogens with zero attached hydrogens (tertiary/aromatic N) is 4. The van der Waals surface area contributed by atoms with Crippen LogP contribution < -0.4 is 10.1 Å². The number of piperidine rings is 1. The molecule has 1 saturated heterocycles. The number of ether oxygens (including phenoxy) is 1. The summed E-state index contributed by atoms with van der Waals surface area (Å²) in [7, 11) is -2.30. The Morgan fingerprint density at radius 2 is 2.03 bits per heavy atom. The Labute approximate surface area is 193 Å². The second-order valence-corrected chi connectivity index (χ2v) is 10.0. The van der Waals surface area contributed by atoms with Crippen molar-refractivity contribution in [3.63, 3.8) is 0 Å². The molecule has 9 nitrogen and oxygen atoms in total. The van der Waals surface area contributed by atoms with Crippen LogP contribution in [0.4, 0.5) is 0 Å². The van der Waals surface area contributed by atoms with Crippen molar-refractivity contribution in [2.75, 3.05) is 13.7 Å². The third kappa shape index (κ3) is 4.72. The first kappa shape index (κ1) is 23.2. The summed E-state index contributed by atoms with van der Waals surface area (Å²) in [5.74, 6) is 0.370. The topological polar surface area (TPSA) is 106 Å². The van der Waals surface area contributed by atoms with E-state index in [-0.39, 0.29) is 17.3 Å². The van der Waals surface area contributed by atoms with Gasteiger partial charge in [-0.1, -0.05) is 36.8 Å². The lowest BCUT2D eigenvalue weighted by molar-refractivity contribution is -0.125. The van der Waals surface area contributed by atoms with E-state index < -0.39 is 16.1 Å². The number of carbonyl (C=O) groups excluding carboxylic acids is 1. The maximum absolute atomic E-state index is 13.5. The molecule has 2 heterocycles. The molecular weight excluding hydrogens is 442 g/mol. The Kier molecular flexibility index (Phi) is 6.94. The van der Waals surface area contributed by atoms with Crippen LogP contribution in [0.5, 0.6) is 5.75 Å². The molecule has 1 unspecified atom stereocenters. The van der Waals surface area contributed by atoms with Gasteiger partial charge < -0.3 is 10.1 Å². The van der Waals surface area contributed by atoms with Crippen LogP contribution in [-0.4, -0.2) is 53.3 Å². The molecule has 0 spiro atoms. The molecule has 1 amide bonds. The standard InChI is InChI=1S/C23H29N5O4S/c1-3-13-27-20-12-11-18(15-19(20)25-26-27)33(30,31)28-14-7-6-9-21(28)23(29)24-16-17-8-4-5-10-22(17)32-2/h4-5,8,10-12,15,21H,3,6-7,9,13-14,16H2,1-2H3,(H,24,29). The largest absolute Gasteiger partial charge is 0.496 e. The Morgan fingerprint density at radius 3 is 2.82 bits per heavy atom. The van der Waals surface area contributed by atoms with Crippen molar-refractivity contribution in [1.29, 1.82) is 0 Å². The van der Waals surface area contributed by atoms with Crippen molar-refractivity contribution in [1.82, 2.24) is 24.6 Å². The molecule has 1 aliphatic heterocycles. The minimum Gasteiger partial charge on any atom is -0.496 e. The maximum atomic E-state index is 13.5. The van der Waals surface area contributed by atoms with Crippen LogP contribution in [0.3, 0.4) is 0 Å². The first-order valence-corrected chi connectivity index (χ1v) is 12.6. The molecule has 2 aromatic carbocycles. The average Bonchev–Trinajstić information content (AvgIpc) is 3.25. The Morgan fingerprint density at radius 1 is 1.21 bits per heavy atom. The number of amides is 1. The molecule has 1 aliphatic rings. The first-order chi connectivity index (χ1) is 16.0. The zero-order valence-corrected chi connectivity index (χ0v) is 19.7. The number of sulfonamides is 1. The van der Waals surface area contributed by atoms with Gasteiger partial charge >= 0.3 is 0 Å². The van der Waals surface area contributed by atoms with Gasteiger partial charge in [-0.2, -0.15) is 4.31 Å². The lowest BCUT2D eigenvalue weighted by atomic mass is 10.0. The summed E-state index contributed by atoms with van der Waals surface area (Å²) >= 11 is 0. The molecule has 0 aliphatic carbocycles. The number of nitrogens with one attached hydrogen (secondary N) is 1. The number of aromatic nitrogens is 3. The van der Waals surface area contributed by atoms with Gasteiger partial charge in [0.1, 0.15) is 17.3 Å². The number of para-hydroxylation sites is 1. The molecule has 1 fully saturated rings. The molecule has 1 N–H and O–H groups in total. The van der Waals surface area contributed by atoms with Gasteiger partial charge in [0, 0.05) is 25.2 Å². The zero-order chi connectivity index (χ0) is 23.4. The monoisotopic (exact) mass is 471 g/mol. The van der Waals surface area contributed by atoms with E-state index in [4.69, 9.17) is 4.74 Å². The highest BCUT2D eigenvalue weighted by molar-refractivity contribution is 7.89. The number of benzene rings is 2. The fourth-order valence-corrected chi connectivity index (χ4v) is 5.91. The number of carbonyl (C=O) groups is 1. The van der Waals surface area contributed by atoms with E-state index in [0.717, 1.165) is 23.9 Å². The summed E-state index contributed by atoms with van der Waals surface area (Å²) < 4.78 is 35.5. The smallest absolute Gasteiger partial charge is 0.243 e. The lowest BCUT2D eigenvalue weighted by Gasteiger charge is -2.33. The third-order valence-electron chi connectivity index (χ3n) is 5.93. The molecule has 176 valence electrons. The molecule has 10 heteroatoms. The van der Waals surface area contributed by atoms with E-state index in [0.29, 0.717) is 37.2 Å². The average molecular weight is 472 g/mol. The molecule has 0 bridgehead atoms. The Bertz CT molecular complexity index is 1240. The molecule has 0 saturated carbocycles. The molecule has 4 rings (SSSR count). The maximum Gasteiger partial charge on any atom is 0.243 e. The van der Waals surface area contributed by atoms with Crippen LogP contribution >= 0.6 is 0 Å². The minimum atomic E-state index is -3.88. The van der Waals surface area contributed by atoms with E-state index in [2.05, 4.69) is 15.6 Å². The number of rotatable bonds is 8. The lowest BCUT2D eigenvalue weighted by Crippen LogP contribution is -2.51. The quantitative estimate of drug-likeness (QED) is 0.541. The van der Waals surface area contributed by atoms with Crippen LogP contribution in [0.1, 0.15) is 38.2 Å². The minimum absolute atomic E-state index is 0.128. The van der Waals surface area contributed by atoms with Crippen molar-refractivity contribution in [2.24, 2.45) is 0 Å². The van der Waals surface area contributed by atoms with E-state index in [1.54, 1.807) is 30.0 Å². The molecular formula is C23H29N5O4S. The Balaban J connectivity index is 1.55. The molecule has 1 aromatic heterocycles. The number of hydrogen-bond acceptors (Lipinski definition) is 6. The summed E-state index contributed by atoms with van der Waals surface area (Å²) in [5, 5.41) is 11.1. The van der Waals surface area contributed by atoms with E-state index in [1.165, 1.54) is 4.31 Å². The van der Waals surface area contributed by atoms with Crippen LogP contribution in [0, 0.1) is 0 Å². The number of fused-ring (bicyclic) bond motifs is 1. The van der Waals surface area contributed by atoms with Gasteiger partial charge in [0.15, 0.2) is 0 Å². The summed E-state index contributed by atoms with van der Waals surface area (Å²) in [5.41, 5.74) is 2.15. The molecule has 0 radical (unpaired) electrons. The third-order valence-corrected chi connectivity index (χ3v) is 7.83. The van der Waals surface area contributed by atoms with Gasteiger partial charge in [-0.05, 0) is 43.5 Å². The highest BCUT2D eigenvalue weighted by Crippen LogP contribution is 2.27. The predicted molar refractivity (Wildman–Crippen MR) is 124 cm³/mol. The van der Waals surface area contributed by atoms with Gasteiger partial charge in [0.05, 0.1) is 17.5 Å². The zero-order valence-electron chi connectivity index (χ0n) is 18.9. The summed E-state index contributed by atoms with van der Waals surface area (Å²) in [6, 6.07) is 11.5. The van der Waals surface area contributed by atoms with Crippen molar-refractivity contribution < 1.29 is 17.9 Å². The van der Waals surface area contributed by atoms with Crippen LogP contribution in [-0.2, 0) is 27.9 Å². The summed E-state index contributed by atoms with van der Waals surface area (Å²) in [6.07, 6.45) is 2.89. The fraction of sp³-hybridized carbons (Fsp3) is 0.435. The fourth-order valence-electron chi connectivity index (χ4n) is 4.23. The molecule has 1 atom stereocenters. The highest BCUT2D eigenvalue weighted by Gasteiger charge is 2.37. The van der Waals surface area contributed by atoms with Gasteiger partial charge in [0.2, 0.25) is 15.9 Å². The van der Waals surface area contributed by atoms with Gasteiger partial charge in [-0.15, -0.1) is 5.10 Å². The molecule has 33 heavy (non-hydrogen) atoms. The van der Waals surface area contributed by atoms with Crippen molar-refractivity contribution >= 4 is 27.0 Å². The van der Waals surface area contributed by atoms with Gasteiger partial charge in [-0.25, -0.2) is 13.1 Å². The van der Waals surface area contributed by atoms with Crippen molar-refractivity contribution in [3.05, 3.63) is 48.0 Å². The summed E-state index contributed by atoms with van der Waals surface area (Å²) in [6.45, 7) is 3.32. The number of methoxy groups -OCH3 is 1. The second kappa shape index (κ2) is 9.88. The van der Waals surface area contributed by atoms with E-state index in [9.17, 15) is 13.2 Å². The first-order valence-electron chi connectivity index (χ1n) is 11.2. The van der Waals surface area contributed by atoms with Gasteiger partial charge in [-0.3, -0.25) is 4.79 Å². The van der Waals surface area contributed by atoms with Crippen LogP contribution in [0.2, 0.25) is 0 Å². The Hall–Kier alpha value is -2.98. The number of hydrogen-bond donors (Lipinski definition) is 1. The van der Waals surface area contributed by atoms with E-state index in [1.807, 2.05) is 31.2 Å². The van der Waals surface area contributed by atoms with Crippen molar-refractivity contribution in [2.45, 2.75) is 56.6 Å². The van der Waals surface area contributed by atoms with E-state index >= 15 is 0 Å². The van der Waals surface area contributed by atoms with Crippen LogP contribution in [0.25, 0.3) is 11.0 Å². The second-order valence-electron chi connectivity index (χ2n) is 8.12.